The number of nitrogens with zero attached hydrogens (tertiary/aromatic N) is 3. The van der Waals surface area contributed by atoms with Crippen molar-refractivity contribution in [3.05, 3.63) is 105 Å². The average molecular weight is 730 g/mol. The van der Waals surface area contributed by atoms with Crippen LogP contribution in [0.2, 0.25) is 0 Å². The van der Waals surface area contributed by atoms with E-state index in [2.05, 4.69) is 10.6 Å². The molecule has 3 aromatic rings. The van der Waals surface area contributed by atoms with E-state index in [9.17, 15) is 44.7 Å². The summed E-state index contributed by atoms with van der Waals surface area (Å²) in [6, 6.07) is 7.59. The van der Waals surface area contributed by atoms with Gasteiger partial charge >= 0.3 is 24.5 Å². The van der Waals surface area contributed by atoms with Crippen LogP contribution in [0.15, 0.2) is 54.6 Å². The number of nitrogens with one attached hydrogen (secondary N) is 2. The monoisotopic (exact) mass is 729 g/mol. The van der Waals surface area contributed by atoms with Crippen molar-refractivity contribution in [2.45, 2.75) is 51.2 Å². The quantitative estimate of drug-likeness (QED) is 0.240. The third kappa shape index (κ3) is 9.47. The Balaban J connectivity index is 0.000000286. The van der Waals surface area contributed by atoms with Gasteiger partial charge in [-0.3, -0.25) is 4.90 Å². The lowest BCUT2D eigenvalue weighted by atomic mass is 9.98. The minimum atomic E-state index is -4.98. The lowest BCUT2D eigenvalue weighted by molar-refractivity contribution is -0.143. The summed E-state index contributed by atoms with van der Waals surface area (Å²) >= 11 is 0. The van der Waals surface area contributed by atoms with Gasteiger partial charge in [0.05, 0.1) is 29.3 Å². The molecule has 16 heteroatoms. The molecule has 0 bridgehead atoms. The van der Waals surface area contributed by atoms with Crippen LogP contribution in [0.4, 0.5) is 44.7 Å². The first-order chi connectivity index (χ1) is 23.8. The van der Waals surface area contributed by atoms with Crippen molar-refractivity contribution < 1.29 is 49.8 Å². The number of hydrogen-bond donors (Lipinski definition) is 3. The molecule has 0 radical (unpaired) electrons. The Morgan fingerprint density at radius 3 is 1.61 bits per heavy atom. The summed E-state index contributed by atoms with van der Waals surface area (Å²) in [5, 5.41) is 15.5. The van der Waals surface area contributed by atoms with E-state index < -0.39 is 53.5 Å². The molecule has 2 aliphatic rings. The van der Waals surface area contributed by atoms with Gasteiger partial charge in [0.25, 0.3) is 0 Å². The summed E-state index contributed by atoms with van der Waals surface area (Å²) < 4.78 is 106. The second kappa shape index (κ2) is 15.8. The van der Waals surface area contributed by atoms with Gasteiger partial charge in [-0.05, 0) is 91.1 Å². The highest BCUT2D eigenvalue weighted by Gasteiger charge is 2.39. The number of carbonyl (C=O) groups is 2. The molecular weight excluding hydrogens is 690 g/mol. The van der Waals surface area contributed by atoms with E-state index in [0.717, 1.165) is 16.0 Å². The maximum atomic E-state index is 13.6. The average Bonchev–Trinajstić information content (AvgIpc) is 3.06. The maximum absolute atomic E-state index is 13.6. The van der Waals surface area contributed by atoms with Crippen LogP contribution < -0.4 is 10.6 Å². The number of carboxylic acid groups (broad SMARTS) is 1. The Bertz CT molecular complexity index is 1690. The van der Waals surface area contributed by atoms with Gasteiger partial charge in [0.15, 0.2) is 0 Å². The Morgan fingerprint density at radius 2 is 1.20 bits per heavy atom. The van der Waals surface area contributed by atoms with Crippen LogP contribution in [-0.2, 0) is 12.4 Å². The van der Waals surface area contributed by atoms with E-state index in [1.54, 1.807) is 26.0 Å². The highest BCUT2D eigenvalue weighted by atomic mass is 19.4. The van der Waals surface area contributed by atoms with Crippen LogP contribution in [0.5, 0.6) is 0 Å². The van der Waals surface area contributed by atoms with Crippen LogP contribution in [0, 0.1) is 25.5 Å². The molecule has 2 aliphatic heterocycles. The zero-order chi connectivity index (χ0) is 37.8. The zero-order valence-corrected chi connectivity index (χ0v) is 28.3. The van der Waals surface area contributed by atoms with Crippen molar-refractivity contribution in [2.75, 3.05) is 46.3 Å². The summed E-state index contributed by atoms with van der Waals surface area (Å²) in [7, 11) is 1.33. The molecule has 278 valence electrons. The molecule has 51 heavy (non-hydrogen) atoms. The Morgan fingerprint density at radius 1 is 0.765 bits per heavy atom. The van der Waals surface area contributed by atoms with Crippen LogP contribution in [0.1, 0.15) is 64.0 Å². The first-order valence-corrected chi connectivity index (χ1v) is 16.1. The largest absolute Gasteiger partial charge is 0.465 e. The molecule has 3 aromatic carbocycles. The summed E-state index contributed by atoms with van der Waals surface area (Å²) in [4.78, 5) is 28.5. The minimum absolute atomic E-state index is 0.0572. The van der Waals surface area contributed by atoms with E-state index in [0.29, 0.717) is 56.0 Å². The van der Waals surface area contributed by atoms with Gasteiger partial charge in [0.2, 0.25) is 0 Å². The molecule has 5 rings (SSSR count). The van der Waals surface area contributed by atoms with Gasteiger partial charge in [-0.25, -0.2) is 18.4 Å². The third-order valence-electron chi connectivity index (χ3n) is 9.13. The number of piperazine rings is 2. The van der Waals surface area contributed by atoms with Crippen LogP contribution >= 0.6 is 0 Å². The molecule has 2 heterocycles. The number of halogens is 8. The van der Waals surface area contributed by atoms with Gasteiger partial charge < -0.3 is 25.5 Å². The topological polar surface area (TPSA) is 88.1 Å². The van der Waals surface area contributed by atoms with Crippen molar-refractivity contribution in [2.24, 2.45) is 0 Å². The molecular formula is C35H39F8N5O3. The van der Waals surface area contributed by atoms with Crippen molar-refractivity contribution in [1.82, 2.24) is 25.3 Å². The lowest BCUT2D eigenvalue weighted by Gasteiger charge is -2.40. The van der Waals surface area contributed by atoms with Crippen LogP contribution in [0.3, 0.4) is 0 Å². The predicted molar refractivity (Wildman–Crippen MR) is 173 cm³/mol. The SMILES string of the molecule is Cc1cc(F)ccc1C1CNCCN1C(=O)O.Cc1cc(F)ccc1[C@H]1CNCCN1C(=O)N(C)[C@H](C)c1cc(C(F)(F)F)cc(C(F)(F)F)c1. The molecule has 3 atom stereocenters. The van der Waals surface area contributed by atoms with Crippen molar-refractivity contribution >= 4 is 12.1 Å². The fraction of sp³-hybridized carbons (Fsp3) is 0.429. The van der Waals surface area contributed by atoms with Crippen molar-refractivity contribution in [3.8, 4) is 0 Å². The smallest absolute Gasteiger partial charge is 0.416 e. The van der Waals surface area contributed by atoms with Crippen molar-refractivity contribution in [3.63, 3.8) is 0 Å². The van der Waals surface area contributed by atoms with Gasteiger partial charge in [-0.15, -0.1) is 0 Å². The number of carbonyl (C=O) groups excluding carboxylic acids is 1. The zero-order valence-electron chi connectivity index (χ0n) is 28.3. The second-order valence-electron chi connectivity index (χ2n) is 12.5. The Kier molecular flexibility index (Phi) is 12.2. The second-order valence-corrected chi connectivity index (χ2v) is 12.5. The van der Waals surface area contributed by atoms with Gasteiger partial charge in [-0.1, -0.05) is 12.1 Å². The number of hydrogen-bond acceptors (Lipinski definition) is 4. The normalized spacial score (nSPS) is 18.8. The first-order valence-electron chi connectivity index (χ1n) is 16.1. The van der Waals surface area contributed by atoms with Crippen LogP contribution in [0.25, 0.3) is 0 Å². The molecule has 2 saturated heterocycles. The van der Waals surface area contributed by atoms with Gasteiger partial charge in [0, 0.05) is 46.3 Å². The predicted octanol–water partition coefficient (Wildman–Crippen LogP) is 7.69. The fourth-order valence-electron chi connectivity index (χ4n) is 6.26. The number of rotatable bonds is 4. The number of alkyl halides is 6. The van der Waals surface area contributed by atoms with Gasteiger partial charge in [-0.2, -0.15) is 26.3 Å². The molecule has 0 aromatic heterocycles. The Labute approximate surface area is 290 Å². The van der Waals surface area contributed by atoms with Gasteiger partial charge in [0.1, 0.15) is 11.6 Å². The molecule has 3 N–H and O–H groups in total. The van der Waals surface area contributed by atoms with Crippen molar-refractivity contribution in [1.29, 1.82) is 0 Å². The third-order valence-corrected chi connectivity index (χ3v) is 9.13. The number of amides is 3. The molecule has 8 nitrogen and oxygen atoms in total. The first kappa shape index (κ1) is 39.3. The molecule has 2 fully saturated rings. The fourth-order valence-corrected chi connectivity index (χ4v) is 6.26. The highest BCUT2D eigenvalue weighted by Crippen LogP contribution is 2.38. The highest BCUT2D eigenvalue weighted by molar-refractivity contribution is 5.75. The summed E-state index contributed by atoms with van der Waals surface area (Å²) in [5.41, 5.74) is -0.205. The number of benzene rings is 3. The molecule has 1 unspecified atom stereocenters. The summed E-state index contributed by atoms with van der Waals surface area (Å²) in [6.07, 6.45) is -10.9. The summed E-state index contributed by atoms with van der Waals surface area (Å²) in [6.45, 7) is 7.62. The number of aryl methyl sites for hydroxylation is 2. The minimum Gasteiger partial charge on any atom is -0.465 e. The molecule has 3 amide bonds. The standard InChI is InChI=1S/C23H24F7N3O.C12H15FN2O2/c1-13-8-18(24)4-5-19(13)20-12-31-6-7-33(20)21(34)32(3)14(2)15-9-16(22(25,26)27)11-17(10-15)23(28,29)30;1-8-6-9(13)2-3-10(8)11-7-14-4-5-15(11)12(16)17/h4-5,8-11,14,20,31H,6-7,12H2,1-3H3;2-3,6,11,14H,4-5,7H2,1H3,(H,16,17)/t14-,20-;/m1./s1. The van der Waals surface area contributed by atoms with E-state index in [1.165, 1.54) is 48.0 Å². The van der Waals surface area contributed by atoms with E-state index in [-0.39, 0.29) is 30.0 Å². The van der Waals surface area contributed by atoms with E-state index in [4.69, 9.17) is 5.11 Å². The number of urea groups is 1. The van der Waals surface area contributed by atoms with E-state index >= 15 is 0 Å². The summed E-state index contributed by atoms with van der Waals surface area (Å²) in [5.74, 6) is -0.726. The van der Waals surface area contributed by atoms with E-state index in [1.807, 2.05) is 0 Å². The molecule has 0 spiro atoms. The molecule has 0 saturated carbocycles. The Hall–Kier alpha value is -4.44. The molecule has 0 aliphatic carbocycles. The van der Waals surface area contributed by atoms with Crippen LogP contribution in [-0.4, -0.2) is 78.2 Å². The maximum Gasteiger partial charge on any atom is 0.416 e. The lowest BCUT2D eigenvalue weighted by Crippen LogP contribution is -2.52.